The van der Waals surface area contributed by atoms with E-state index in [0.717, 1.165) is 5.56 Å². The Morgan fingerprint density at radius 1 is 1.09 bits per heavy atom. The molecule has 0 heterocycles. The van der Waals surface area contributed by atoms with Crippen molar-refractivity contribution in [1.29, 1.82) is 0 Å². The molecule has 0 aliphatic carbocycles. The third kappa shape index (κ3) is 6.51. The van der Waals surface area contributed by atoms with Crippen molar-refractivity contribution in [3.8, 4) is 5.75 Å². The van der Waals surface area contributed by atoms with Gasteiger partial charge in [0, 0.05) is 5.54 Å². The minimum atomic E-state index is -3.63. The number of rotatable bonds is 5. The van der Waals surface area contributed by atoms with E-state index in [-0.39, 0.29) is 10.3 Å². The number of benzene rings is 1. The Kier molecular flexibility index (Phi) is 5.92. The van der Waals surface area contributed by atoms with Gasteiger partial charge in [-0.3, -0.25) is 0 Å². The first-order chi connectivity index (χ1) is 10.2. The van der Waals surface area contributed by atoms with Gasteiger partial charge in [0.2, 0.25) is 10.0 Å². The first-order valence-corrected chi connectivity index (χ1v) is 9.50. The predicted octanol–water partition coefficient (Wildman–Crippen LogP) is 4.31. The van der Waals surface area contributed by atoms with Crippen LogP contribution in [0.3, 0.4) is 0 Å². The van der Waals surface area contributed by atoms with Gasteiger partial charge in [-0.25, -0.2) is 13.1 Å². The zero-order valence-electron chi connectivity index (χ0n) is 15.6. The van der Waals surface area contributed by atoms with Crippen molar-refractivity contribution < 1.29 is 13.2 Å². The molecule has 0 atom stereocenters. The van der Waals surface area contributed by atoms with E-state index in [4.69, 9.17) is 4.74 Å². The molecule has 0 aliphatic rings. The summed E-state index contributed by atoms with van der Waals surface area (Å²) >= 11 is 0. The summed E-state index contributed by atoms with van der Waals surface area (Å²) in [6.07, 6.45) is 0. The van der Waals surface area contributed by atoms with Crippen LogP contribution in [0.15, 0.2) is 23.1 Å². The van der Waals surface area contributed by atoms with Crippen molar-refractivity contribution in [2.24, 2.45) is 5.41 Å². The van der Waals surface area contributed by atoms with Crippen molar-refractivity contribution in [1.82, 2.24) is 4.72 Å². The molecule has 23 heavy (non-hydrogen) atoms. The van der Waals surface area contributed by atoms with E-state index in [0.29, 0.717) is 18.3 Å². The zero-order valence-corrected chi connectivity index (χ0v) is 16.5. The molecule has 132 valence electrons. The molecular weight excluding hydrogens is 310 g/mol. The Morgan fingerprint density at radius 3 is 2.09 bits per heavy atom. The molecule has 1 aromatic carbocycles. The second-order valence-corrected chi connectivity index (χ2v) is 10.2. The van der Waals surface area contributed by atoms with Crippen LogP contribution in [-0.2, 0) is 10.0 Å². The first kappa shape index (κ1) is 20.0. The fourth-order valence-corrected chi connectivity index (χ4v) is 3.52. The summed E-state index contributed by atoms with van der Waals surface area (Å²) in [4.78, 5) is 0.195. The van der Waals surface area contributed by atoms with Gasteiger partial charge in [-0.05, 0) is 49.8 Å². The third-order valence-corrected chi connectivity index (χ3v) is 4.82. The van der Waals surface area contributed by atoms with Crippen molar-refractivity contribution in [3.63, 3.8) is 0 Å². The van der Waals surface area contributed by atoms with E-state index < -0.39 is 15.6 Å². The number of hydrogen-bond donors (Lipinski definition) is 1. The lowest BCUT2D eigenvalue weighted by molar-refractivity contribution is 0.193. The van der Waals surface area contributed by atoms with Crippen LogP contribution in [0, 0.1) is 5.41 Å². The van der Waals surface area contributed by atoms with E-state index in [1.54, 1.807) is 6.07 Å². The summed E-state index contributed by atoms with van der Waals surface area (Å²) in [5.74, 6) is 0.724. The Morgan fingerprint density at radius 2 is 1.65 bits per heavy atom. The molecule has 4 nitrogen and oxygen atoms in total. The molecule has 5 heteroatoms. The monoisotopic (exact) mass is 341 g/mol. The van der Waals surface area contributed by atoms with Gasteiger partial charge < -0.3 is 4.74 Å². The fourth-order valence-electron chi connectivity index (χ4n) is 1.97. The minimum Gasteiger partial charge on any atom is -0.492 e. The molecule has 0 aromatic heterocycles. The highest BCUT2D eigenvalue weighted by Gasteiger charge is 2.26. The summed E-state index contributed by atoms with van der Waals surface area (Å²) in [6.45, 7) is 16.2. The van der Waals surface area contributed by atoms with Crippen LogP contribution in [0.2, 0.25) is 0 Å². The molecular formula is C18H31NO3S. The molecule has 0 saturated heterocycles. The maximum atomic E-state index is 12.7. The van der Waals surface area contributed by atoms with Crippen LogP contribution in [0.1, 0.15) is 66.9 Å². The summed E-state index contributed by atoms with van der Waals surface area (Å²) in [5, 5.41) is 0. The molecule has 0 unspecified atom stereocenters. The number of sulfonamides is 1. The summed E-state index contributed by atoms with van der Waals surface area (Å²) in [7, 11) is -3.63. The van der Waals surface area contributed by atoms with Crippen molar-refractivity contribution in [3.05, 3.63) is 23.8 Å². The molecule has 0 bridgehead atoms. The predicted molar refractivity (Wildman–Crippen MR) is 95.6 cm³/mol. The number of ether oxygens (including phenoxy) is 1. The number of nitrogens with one attached hydrogen (secondary N) is 1. The molecule has 1 N–H and O–H groups in total. The maximum absolute atomic E-state index is 12.7. The minimum absolute atomic E-state index is 0.0493. The van der Waals surface area contributed by atoms with Gasteiger partial charge in [-0.2, -0.15) is 0 Å². The Hall–Kier alpha value is -1.07. The van der Waals surface area contributed by atoms with Crippen LogP contribution >= 0.6 is 0 Å². The fraction of sp³-hybridized carbons (Fsp3) is 0.667. The quantitative estimate of drug-likeness (QED) is 0.868. The Balaban J connectivity index is 3.30. The molecule has 0 radical (unpaired) electrons. The normalized spacial score (nSPS) is 13.4. The van der Waals surface area contributed by atoms with Crippen molar-refractivity contribution in [2.45, 2.75) is 71.7 Å². The van der Waals surface area contributed by atoms with Crippen molar-refractivity contribution in [2.75, 3.05) is 6.61 Å². The van der Waals surface area contributed by atoms with Crippen LogP contribution in [0.5, 0.6) is 5.75 Å². The summed E-state index contributed by atoms with van der Waals surface area (Å²) in [6, 6.07) is 5.33. The van der Waals surface area contributed by atoms with E-state index in [1.165, 1.54) is 0 Å². The number of hydrogen-bond acceptors (Lipinski definition) is 3. The van der Waals surface area contributed by atoms with Crippen molar-refractivity contribution >= 4 is 10.0 Å². The molecule has 0 saturated carbocycles. The lowest BCUT2D eigenvalue weighted by Crippen LogP contribution is -2.40. The van der Waals surface area contributed by atoms with E-state index >= 15 is 0 Å². The van der Waals surface area contributed by atoms with E-state index in [1.807, 2.05) is 32.9 Å². The van der Waals surface area contributed by atoms with Gasteiger partial charge in [0.25, 0.3) is 0 Å². The smallest absolute Gasteiger partial charge is 0.244 e. The lowest BCUT2D eigenvalue weighted by atomic mass is 9.98. The van der Waals surface area contributed by atoms with E-state index in [2.05, 4.69) is 39.3 Å². The molecule has 1 rings (SSSR count). The average molecular weight is 342 g/mol. The Bertz CT molecular complexity index is 635. The highest BCUT2D eigenvalue weighted by atomic mass is 32.2. The van der Waals surface area contributed by atoms with E-state index in [9.17, 15) is 8.42 Å². The summed E-state index contributed by atoms with van der Waals surface area (Å²) in [5.41, 5.74) is 0.465. The SMILES string of the molecule is CC(C)c1ccc(S(=O)(=O)NC(C)(C)C)c(OCC(C)(C)C)c1. The molecule has 0 fully saturated rings. The maximum Gasteiger partial charge on any atom is 0.244 e. The zero-order chi connectivity index (χ0) is 18.1. The standard InChI is InChI=1S/C18H31NO3S/c1-13(2)14-9-10-16(23(20,21)19-18(6,7)8)15(11-14)22-12-17(3,4)5/h9-11,13,19H,12H2,1-8H3. The van der Waals surface area contributed by atoms with Gasteiger partial charge in [0.05, 0.1) is 6.61 Å². The van der Waals surface area contributed by atoms with Crippen LogP contribution in [0.4, 0.5) is 0 Å². The van der Waals surface area contributed by atoms with Crippen LogP contribution < -0.4 is 9.46 Å². The lowest BCUT2D eigenvalue weighted by Gasteiger charge is -2.24. The highest BCUT2D eigenvalue weighted by molar-refractivity contribution is 7.89. The largest absolute Gasteiger partial charge is 0.492 e. The second kappa shape index (κ2) is 6.81. The molecule has 1 aromatic rings. The molecule has 0 amide bonds. The van der Waals surface area contributed by atoms with Crippen LogP contribution in [-0.4, -0.2) is 20.6 Å². The van der Waals surface area contributed by atoms with Gasteiger partial charge in [-0.1, -0.05) is 40.7 Å². The topological polar surface area (TPSA) is 55.4 Å². The summed E-state index contributed by atoms with van der Waals surface area (Å²) < 4.78 is 33.9. The molecule has 0 spiro atoms. The third-order valence-electron chi connectivity index (χ3n) is 3.03. The second-order valence-electron chi connectivity index (χ2n) is 8.57. The first-order valence-electron chi connectivity index (χ1n) is 8.02. The van der Waals surface area contributed by atoms with Crippen LogP contribution in [0.25, 0.3) is 0 Å². The van der Waals surface area contributed by atoms with Gasteiger partial charge in [-0.15, -0.1) is 0 Å². The Labute approximate surface area is 141 Å². The van der Waals surface area contributed by atoms with Gasteiger partial charge in [0.1, 0.15) is 10.6 Å². The highest BCUT2D eigenvalue weighted by Crippen LogP contribution is 2.30. The van der Waals surface area contributed by atoms with Gasteiger partial charge >= 0.3 is 0 Å². The average Bonchev–Trinajstić information content (AvgIpc) is 2.32. The van der Waals surface area contributed by atoms with Gasteiger partial charge in [0.15, 0.2) is 0 Å². The molecule has 0 aliphatic heterocycles.